The van der Waals surface area contributed by atoms with E-state index in [1.807, 2.05) is 48.5 Å². The summed E-state index contributed by atoms with van der Waals surface area (Å²) in [5, 5.41) is 11.5. The van der Waals surface area contributed by atoms with E-state index in [1.54, 1.807) is 6.21 Å². The van der Waals surface area contributed by atoms with Crippen molar-refractivity contribution in [2.24, 2.45) is 5.10 Å². The molecule has 0 amide bonds. The molecule has 0 unspecified atom stereocenters. The summed E-state index contributed by atoms with van der Waals surface area (Å²) in [6.45, 7) is 0.961. The summed E-state index contributed by atoms with van der Waals surface area (Å²) in [4.78, 5) is 0. The number of aromatic nitrogens is 3. The highest BCUT2D eigenvalue weighted by atomic mass is 79.9. The molecule has 3 rings (SSSR count). The summed E-state index contributed by atoms with van der Waals surface area (Å²) in [5.41, 5.74) is 0.960. The fourth-order valence-electron chi connectivity index (χ4n) is 1.89. The number of nitrogens with zero attached hydrogens (tertiary/aromatic N) is 4. The predicted octanol–water partition coefficient (Wildman–Crippen LogP) is 3.38. The Hall–Kier alpha value is -2.67. The van der Waals surface area contributed by atoms with Crippen LogP contribution in [0.4, 0.5) is 0 Å². The molecular weight excluding hydrogens is 372 g/mol. The van der Waals surface area contributed by atoms with Crippen molar-refractivity contribution in [2.75, 3.05) is 13.2 Å². The molecule has 6 nitrogen and oxygen atoms in total. The zero-order chi connectivity index (χ0) is 16.6. The molecule has 1 heterocycles. The Labute approximate surface area is 147 Å². The zero-order valence-electron chi connectivity index (χ0n) is 12.7. The highest BCUT2D eigenvalue weighted by molar-refractivity contribution is 9.10. The van der Waals surface area contributed by atoms with Gasteiger partial charge in [0.25, 0.3) is 0 Å². The Kier molecular flexibility index (Phi) is 5.57. The van der Waals surface area contributed by atoms with Crippen LogP contribution in [0.2, 0.25) is 0 Å². The lowest BCUT2D eigenvalue weighted by Crippen LogP contribution is -2.08. The summed E-state index contributed by atoms with van der Waals surface area (Å²) in [6, 6.07) is 15.4. The van der Waals surface area contributed by atoms with Crippen molar-refractivity contribution in [1.29, 1.82) is 0 Å². The molecular formula is C17H15BrN4O2. The molecule has 0 bridgehead atoms. The smallest absolute Gasteiger partial charge is 0.141 e. The van der Waals surface area contributed by atoms with Crippen LogP contribution in [-0.2, 0) is 0 Å². The minimum Gasteiger partial charge on any atom is -0.490 e. The third kappa shape index (κ3) is 4.92. The van der Waals surface area contributed by atoms with Crippen molar-refractivity contribution < 1.29 is 9.47 Å². The van der Waals surface area contributed by atoms with Gasteiger partial charge < -0.3 is 9.47 Å². The van der Waals surface area contributed by atoms with E-state index in [2.05, 4.69) is 31.2 Å². The molecule has 0 saturated heterocycles. The second-order valence-electron chi connectivity index (χ2n) is 4.81. The normalized spacial score (nSPS) is 10.9. The fourth-order valence-corrected chi connectivity index (χ4v) is 2.15. The molecule has 0 saturated carbocycles. The molecule has 1 aromatic heterocycles. The molecule has 0 spiro atoms. The van der Waals surface area contributed by atoms with E-state index in [9.17, 15) is 0 Å². The second kappa shape index (κ2) is 8.26. The molecule has 7 heteroatoms. The minimum atomic E-state index is 0.476. The van der Waals surface area contributed by atoms with Gasteiger partial charge >= 0.3 is 0 Å². The van der Waals surface area contributed by atoms with Crippen LogP contribution in [0.3, 0.4) is 0 Å². The van der Waals surface area contributed by atoms with Gasteiger partial charge in [-0.05, 0) is 54.1 Å². The number of benzene rings is 2. The van der Waals surface area contributed by atoms with Gasteiger partial charge in [0.15, 0.2) is 0 Å². The number of hydrogen-bond acceptors (Lipinski definition) is 5. The van der Waals surface area contributed by atoms with Crippen LogP contribution in [0, 0.1) is 0 Å². The average Bonchev–Trinajstić information content (AvgIpc) is 3.13. The monoisotopic (exact) mass is 386 g/mol. The molecule has 0 fully saturated rings. The molecule has 0 N–H and O–H groups in total. The van der Waals surface area contributed by atoms with Crippen molar-refractivity contribution in [1.82, 2.24) is 14.9 Å². The topological polar surface area (TPSA) is 61.5 Å². The van der Waals surface area contributed by atoms with E-state index in [4.69, 9.17) is 9.47 Å². The Morgan fingerprint density at radius 2 is 1.42 bits per heavy atom. The summed E-state index contributed by atoms with van der Waals surface area (Å²) in [6.07, 6.45) is 4.78. The first-order valence-corrected chi connectivity index (χ1v) is 8.09. The third-order valence-corrected chi connectivity index (χ3v) is 3.59. The first-order chi connectivity index (χ1) is 11.8. The maximum atomic E-state index is 5.65. The highest BCUT2D eigenvalue weighted by Crippen LogP contribution is 2.16. The summed E-state index contributed by atoms with van der Waals surface area (Å²) in [5.74, 6) is 1.61. The molecule has 2 aromatic carbocycles. The Morgan fingerprint density at radius 3 is 2.00 bits per heavy atom. The summed E-state index contributed by atoms with van der Waals surface area (Å²) >= 11 is 3.39. The van der Waals surface area contributed by atoms with Gasteiger partial charge in [-0.3, -0.25) is 0 Å². The van der Waals surface area contributed by atoms with Crippen LogP contribution in [0.5, 0.6) is 11.5 Å². The lowest BCUT2D eigenvalue weighted by molar-refractivity contribution is 0.217. The third-order valence-electron chi connectivity index (χ3n) is 3.06. The Morgan fingerprint density at radius 1 is 0.875 bits per heavy atom. The van der Waals surface area contributed by atoms with Gasteiger partial charge in [-0.1, -0.05) is 15.9 Å². The summed E-state index contributed by atoms with van der Waals surface area (Å²) in [7, 11) is 0. The minimum absolute atomic E-state index is 0.476. The molecule has 0 atom stereocenters. The van der Waals surface area contributed by atoms with E-state index in [-0.39, 0.29) is 0 Å². The van der Waals surface area contributed by atoms with E-state index in [0.29, 0.717) is 13.2 Å². The van der Waals surface area contributed by atoms with Gasteiger partial charge in [0.1, 0.15) is 37.4 Å². The molecule has 0 aliphatic heterocycles. The van der Waals surface area contributed by atoms with Gasteiger partial charge in [0, 0.05) is 4.47 Å². The van der Waals surface area contributed by atoms with Gasteiger partial charge in [-0.15, -0.1) is 10.2 Å². The van der Waals surface area contributed by atoms with E-state index in [0.717, 1.165) is 21.5 Å². The van der Waals surface area contributed by atoms with Crippen LogP contribution in [0.1, 0.15) is 5.56 Å². The number of rotatable bonds is 7. The van der Waals surface area contributed by atoms with Crippen molar-refractivity contribution in [2.45, 2.75) is 0 Å². The second-order valence-corrected chi connectivity index (χ2v) is 5.72. The van der Waals surface area contributed by atoms with Gasteiger partial charge in [-0.2, -0.15) is 5.10 Å². The van der Waals surface area contributed by atoms with Crippen LogP contribution >= 0.6 is 15.9 Å². The van der Waals surface area contributed by atoms with Crippen molar-refractivity contribution in [3.05, 3.63) is 71.2 Å². The number of halogens is 1. The lowest BCUT2D eigenvalue weighted by atomic mass is 10.2. The quantitative estimate of drug-likeness (QED) is 0.461. The average molecular weight is 387 g/mol. The molecule has 0 aliphatic rings. The maximum absolute atomic E-state index is 5.65. The molecule has 3 aromatic rings. The van der Waals surface area contributed by atoms with Crippen LogP contribution in [0.15, 0.2) is 70.8 Å². The summed E-state index contributed by atoms with van der Waals surface area (Å²) < 4.78 is 13.8. The highest BCUT2D eigenvalue weighted by Gasteiger charge is 1.97. The van der Waals surface area contributed by atoms with Gasteiger partial charge in [-0.25, -0.2) is 4.68 Å². The zero-order valence-corrected chi connectivity index (χ0v) is 14.3. The SMILES string of the molecule is Brc1ccc(OCCOc2ccc(/C=N/n3cnnc3)cc2)cc1. The van der Waals surface area contributed by atoms with Gasteiger partial charge in [0.05, 0.1) is 6.21 Å². The first-order valence-electron chi connectivity index (χ1n) is 7.30. The molecule has 24 heavy (non-hydrogen) atoms. The Bertz CT molecular complexity index is 771. The number of ether oxygens (including phenoxy) is 2. The molecule has 0 radical (unpaired) electrons. The maximum Gasteiger partial charge on any atom is 0.141 e. The number of hydrogen-bond donors (Lipinski definition) is 0. The first kappa shape index (κ1) is 16.2. The van der Waals surface area contributed by atoms with E-state index >= 15 is 0 Å². The predicted molar refractivity (Wildman–Crippen MR) is 94.6 cm³/mol. The lowest BCUT2D eigenvalue weighted by Gasteiger charge is -2.08. The van der Waals surface area contributed by atoms with Gasteiger partial charge in [0.2, 0.25) is 0 Å². The van der Waals surface area contributed by atoms with Crippen LogP contribution in [-0.4, -0.2) is 34.3 Å². The van der Waals surface area contributed by atoms with Crippen LogP contribution < -0.4 is 9.47 Å². The Balaban J connectivity index is 1.43. The van der Waals surface area contributed by atoms with Crippen molar-refractivity contribution in [3.8, 4) is 11.5 Å². The van der Waals surface area contributed by atoms with Crippen molar-refractivity contribution in [3.63, 3.8) is 0 Å². The van der Waals surface area contributed by atoms with E-state index in [1.165, 1.54) is 17.3 Å². The van der Waals surface area contributed by atoms with E-state index < -0.39 is 0 Å². The fraction of sp³-hybridized carbons (Fsp3) is 0.118. The largest absolute Gasteiger partial charge is 0.490 e. The molecule has 0 aliphatic carbocycles. The molecule has 122 valence electrons. The standard InChI is InChI=1S/C17H15BrN4O2/c18-15-3-7-17(8-4-15)24-10-9-23-16-5-1-14(2-6-16)11-21-22-12-19-20-13-22/h1-8,11-13H,9-10H2/b21-11+. The van der Waals surface area contributed by atoms with Crippen LogP contribution in [0.25, 0.3) is 0 Å². The van der Waals surface area contributed by atoms with Crippen molar-refractivity contribution >= 4 is 22.1 Å².